The van der Waals surface area contributed by atoms with Gasteiger partial charge in [0, 0.05) is 10.9 Å². The number of carbonyl (C=O) groups excluding carboxylic acids is 1. The number of thiazole rings is 1. The van der Waals surface area contributed by atoms with Gasteiger partial charge >= 0.3 is 0 Å². The summed E-state index contributed by atoms with van der Waals surface area (Å²) in [5, 5.41) is 11.9. The number of primary amides is 1. The Bertz CT molecular complexity index is 995. The summed E-state index contributed by atoms with van der Waals surface area (Å²) in [5.74, 6) is -0.215. The number of thioether (sulfide) groups is 1. The number of hydrogen-bond acceptors (Lipinski definition) is 7. The summed E-state index contributed by atoms with van der Waals surface area (Å²) in [4.78, 5) is 20.2. The molecule has 0 spiro atoms. The number of nitrogens with zero attached hydrogens (tertiary/aromatic N) is 3. The SMILES string of the molecule is CC(Sc1nc(N)c(-c2nc(-c3ccccc3)cs2)cc1C#N)C(N)=O. The Morgan fingerprint density at radius 2 is 2.04 bits per heavy atom. The van der Waals surface area contributed by atoms with Gasteiger partial charge in [0.05, 0.1) is 22.1 Å². The summed E-state index contributed by atoms with van der Waals surface area (Å²) in [7, 11) is 0. The normalized spacial score (nSPS) is 11.7. The number of aromatic nitrogens is 2. The van der Waals surface area contributed by atoms with Gasteiger partial charge in [-0.3, -0.25) is 4.79 Å². The molecule has 0 aliphatic carbocycles. The molecule has 0 saturated carbocycles. The molecule has 0 aliphatic heterocycles. The van der Waals surface area contributed by atoms with Crippen LogP contribution in [0.4, 0.5) is 5.82 Å². The minimum atomic E-state index is -0.510. The number of nitrogens with two attached hydrogens (primary N) is 2. The van der Waals surface area contributed by atoms with Gasteiger partial charge in [-0.1, -0.05) is 42.1 Å². The molecule has 0 radical (unpaired) electrons. The van der Waals surface area contributed by atoms with E-state index in [-0.39, 0.29) is 5.82 Å². The molecule has 3 rings (SSSR count). The van der Waals surface area contributed by atoms with Crippen molar-refractivity contribution in [2.24, 2.45) is 5.73 Å². The van der Waals surface area contributed by atoms with Crippen LogP contribution in [0.5, 0.6) is 0 Å². The van der Waals surface area contributed by atoms with E-state index in [0.717, 1.165) is 23.0 Å². The van der Waals surface area contributed by atoms with Crippen LogP contribution in [0.1, 0.15) is 12.5 Å². The predicted molar refractivity (Wildman–Crippen MR) is 104 cm³/mol. The highest BCUT2D eigenvalue weighted by atomic mass is 32.2. The third-order valence-corrected chi connectivity index (χ3v) is 5.63. The van der Waals surface area contributed by atoms with Crippen molar-refractivity contribution in [3.05, 3.63) is 47.3 Å². The van der Waals surface area contributed by atoms with Gasteiger partial charge < -0.3 is 11.5 Å². The Balaban J connectivity index is 1.98. The Morgan fingerprint density at radius 3 is 2.69 bits per heavy atom. The van der Waals surface area contributed by atoms with E-state index in [9.17, 15) is 10.1 Å². The van der Waals surface area contributed by atoms with Crippen LogP contribution in [0, 0.1) is 11.3 Å². The summed E-state index contributed by atoms with van der Waals surface area (Å²) < 4.78 is 0. The highest BCUT2D eigenvalue weighted by Crippen LogP contribution is 2.35. The second kappa shape index (κ2) is 7.56. The number of anilines is 1. The van der Waals surface area contributed by atoms with Gasteiger partial charge in [0.1, 0.15) is 21.9 Å². The van der Waals surface area contributed by atoms with Gasteiger partial charge in [-0.2, -0.15) is 5.26 Å². The fourth-order valence-corrected chi connectivity index (χ4v) is 3.90. The first-order valence-corrected chi connectivity index (χ1v) is 9.43. The molecule has 4 N–H and O–H groups in total. The van der Waals surface area contributed by atoms with Crippen LogP contribution in [-0.4, -0.2) is 21.1 Å². The molecule has 1 atom stereocenters. The largest absolute Gasteiger partial charge is 0.383 e. The van der Waals surface area contributed by atoms with E-state index in [1.165, 1.54) is 11.3 Å². The number of hydrogen-bond donors (Lipinski definition) is 2. The first-order valence-electron chi connectivity index (χ1n) is 7.67. The van der Waals surface area contributed by atoms with E-state index in [1.54, 1.807) is 13.0 Å². The standard InChI is InChI=1S/C18H15N5OS2/c1-10(16(21)24)26-17-12(8-19)7-13(15(20)23-17)18-22-14(9-25-18)11-5-3-2-4-6-11/h2-7,9-10H,1H3,(H2,20,23)(H2,21,24). The van der Waals surface area contributed by atoms with Crippen LogP contribution in [0.3, 0.4) is 0 Å². The van der Waals surface area contributed by atoms with Crippen LogP contribution in [-0.2, 0) is 4.79 Å². The van der Waals surface area contributed by atoms with Gasteiger partial charge in [-0.05, 0) is 13.0 Å². The zero-order valence-corrected chi connectivity index (χ0v) is 15.5. The number of pyridine rings is 1. The Hall–Kier alpha value is -2.89. The molecule has 8 heteroatoms. The van der Waals surface area contributed by atoms with E-state index in [2.05, 4.69) is 16.0 Å². The zero-order chi connectivity index (χ0) is 18.7. The molecular weight excluding hydrogens is 366 g/mol. The minimum absolute atomic E-state index is 0.261. The summed E-state index contributed by atoms with van der Waals surface area (Å²) >= 11 is 2.55. The van der Waals surface area contributed by atoms with Gasteiger partial charge in [-0.25, -0.2) is 9.97 Å². The van der Waals surface area contributed by atoms with Crippen LogP contribution >= 0.6 is 23.1 Å². The van der Waals surface area contributed by atoms with Crippen LogP contribution in [0.25, 0.3) is 21.8 Å². The lowest BCUT2D eigenvalue weighted by Gasteiger charge is -2.10. The maximum Gasteiger partial charge on any atom is 0.230 e. The number of rotatable bonds is 5. The van der Waals surface area contributed by atoms with Crippen LogP contribution in [0.15, 0.2) is 46.8 Å². The zero-order valence-electron chi connectivity index (χ0n) is 13.8. The smallest absolute Gasteiger partial charge is 0.230 e. The lowest BCUT2D eigenvalue weighted by molar-refractivity contribution is -0.117. The molecule has 3 aromatic rings. The maximum absolute atomic E-state index is 11.3. The Kier molecular flexibility index (Phi) is 5.21. The fraction of sp³-hybridized carbons (Fsp3) is 0.111. The van der Waals surface area contributed by atoms with Gasteiger partial charge in [-0.15, -0.1) is 11.3 Å². The molecule has 1 unspecified atom stereocenters. The highest BCUT2D eigenvalue weighted by molar-refractivity contribution is 8.00. The Labute approximate surface area is 158 Å². The van der Waals surface area contributed by atoms with Crippen molar-refractivity contribution in [3.63, 3.8) is 0 Å². The second-order valence-corrected chi connectivity index (χ2v) is 7.64. The fourth-order valence-electron chi connectivity index (χ4n) is 2.22. The first-order chi connectivity index (χ1) is 12.5. The van der Waals surface area contributed by atoms with Crippen molar-refractivity contribution in [2.45, 2.75) is 17.2 Å². The van der Waals surface area contributed by atoms with Crippen molar-refractivity contribution in [1.29, 1.82) is 5.26 Å². The van der Waals surface area contributed by atoms with E-state index in [4.69, 9.17) is 11.5 Å². The molecule has 2 heterocycles. The molecule has 0 saturated heterocycles. The molecule has 26 heavy (non-hydrogen) atoms. The molecule has 0 fully saturated rings. The maximum atomic E-state index is 11.3. The van der Waals surface area contributed by atoms with E-state index in [0.29, 0.717) is 21.2 Å². The average Bonchev–Trinajstić information content (AvgIpc) is 3.12. The lowest BCUT2D eigenvalue weighted by Crippen LogP contribution is -2.22. The molecule has 130 valence electrons. The molecule has 0 aliphatic rings. The number of amides is 1. The van der Waals surface area contributed by atoms with Crippen molar-refractivity contribution in [1.82, 2.24) is 9.97 Å². The third kappa shape index (κ3) is 3.69. The third-order valence-electron chi connectivity index (χ3n) is 3.63. The summed E-state index contributed by atoms with van der Waals surface area (Å²) in [6.45, 7) is 1.66. The molecule has 1 aromatic carbocycles. The van der Waals surface area contributed by atoms with Gasteiger partial charge in [0.15, 0.2) is 0 Å². The molecular formula is C18H15N5OS2. The minimum Gasteiger partial charge on any atom is -0.383 e. The number of carbonyl (C=O) groups is 1. The first kappa shape index (κ1) is 17.9. The van der Waals surface area contributed by atoms with Crippen LogP contribution < -0.4 is 11.5 Å². The number of nitriles is 1. The lowest BCUT2D eigenvalue weighted by atomic mass is 10.2. The van der Waals surface area contributed by atoms with E-state index < -0.39 is 11.2 Å². The quantitative estimate of drug-likeness (QED) is 0.655. The van der Waals surface area contributed by atoms with E-state index >= 15 is 0 Å². The number of benzene rings is 1. The van der Waals surface area contributed by atoms with Gasteiger partial charge in [0.2, 0.25) is 5.91 Å². The summed E-state index contributed by atoms with van der Waals surface area (Å²) in [6, 6.07) is 13.6. The highest BCUT2D eigenvalue weighted by Gasteiger charge is 2.19. The summed E-state index contributed by atoms with van der Waals surface area (Å²) in [6.07, 6.45) is 0. The van der Waals surface area contributed by atoms with Crippen molar-refractivity contribution in [2.75, 3.05) is 5.73 Å². The molecule has 6 nitrogen and oxygen atoms in total. The van der Waals surface area contributed by atoms with Gasteiger partial charge in [0.25, 0.3) is 0 Å². The van der Waals surface area contributed by atoms with Crippen molar-refractivity contribution in [3.8, 4) is 27.9 Å². The monoisotopic (exact) mass is 381 g/mol. The predicted octanol–water partition coefficient (Wildman–Crippen LogP) is 3.29. The summed E-state index contributed by atoms with van der Waals surface area (Å²) in [5.41, 5.74) is 14.2. The van der Waals surface area contributed by atoms with Crippen LogP contribution in [0.2, 0.25) is 0 Å². The Morgan fingerprint density at radius 1 is 1.31 bits per heavy atom. The average molecular weight is 381 g/mol. The van der Waals surface area contributed by atoms with Crippen molar-refractivity contribution >= 4 is 34.8 Å². The molecule has 1 amide bonds. The second-order valence-electron chi connectivity index (χ2n) is 5.45. The van der Waals surface area contributed by atoms with E-state index in [1.807, 2.05) is 35.7 Å². The molecule has 0 bridgehead atoms. The van der Waals surface area contributed by atoms with Crippen molar-refractivity contribution < 1.29 is 4.79 Å². The molecule has 2 aromatic heterocycles. The number of nitrogen functional groups attached to an aromatic ring is 1. The topological polar surface area (TPSA) is 119 Å².